The first-order valence-electron chi connectivity index (χ1n) is 2.46. The Morgan fingerprint density at radius 1 is 1.07 bits per heavy atom. The summed E-state index contributed by atoms with van der Waals surface area (Å²) in [6.07, 6.45) is 0. The van der Waals surface area contributed by atoms with Gasteiger partial charge in [0, 0.05) is 0 Å². The summed E-state index contributed by atoms with van der Waals surface area (Å²) in [6.45, 7) is -2.22. The van der Waals surface area contributed by atoms with Gasteiger partial charge >= 0.3 is 74.3 Å². The first kappa shape index (κ1) is 21.5. The van der Waals surface area contributed by atoms with E-state index in [-0.39, 0.29) is 62.0 Å². The van der Waals surface area contributed by atoms with Crippen LogP contribution >= 0.6 is 15.2 Å². The number of aliphatic hydroxyl groups is 1. The molecular weight excluding hydrogens is 263 g/mol. The smallest absolute Gasteiger partial charge is 1.00 e. The average molecular weight is 272 g/mol. The zero-order chi connectivity index (χ0) is 10.2. The van der Waals surface area contributed by atoms with Crippen molar-refractivity contribution in [3.8, 4) is 0 Å². The standard InChI is InChI=1S/C2H7FO7P2.2Na.2H/c3-1-2(4,11(5,6)7)12(8,9)10;;;;/h4H,1H2,(H2,5,6,7)(H2,8,9,10);;;;/q;2*+1;2*-1. The molecule has 0 aliphatic carbocycles. The van der Waals surface area contributed by atoms with Crippen LogP contribution in [0.15, 0.2) is 0 Å². The van der Waals surface area contributed by atoms with Crippen LogP contribution < -0.4 is 59.1 Å². The predicted octanol–water partition coefficient (Wildman–Crippen LogP) is -6.81. The van der Waals surface area contributed by atoms with Crippen LogP contribution in [0, 0.1) is 0 Å². The first-order chi connectivity index (χ1) is 5.06. The van der Waals surface area contributed by atoms with Crippen LogP contribution in [0.2, 0.25) is 0 Å². The molecule has 0 aromatic rings. The Kier molecular flexibility index (Phi) is 10.4. The van der Waals surface area contributed by atoms with E-state index in [4.69, 9.17) is 24.7 Å². The Bertz CT molecular complexity index is 245. The van der Waals surface area contributed by atoms with E-state index in [0.717, 1.165) is 0 Å². The van der Waals surface area contributed by atoms with E-state index in [2.05, 4.69) is 0 Å². The van der Waals surface area contributed by atoms with Crippen molar-refractivity contribution in [1.29, 1.82) is 0 Å². The van der Waals surface area contributed by atoms with Crippen molar-refractivity contribution in [2.45, 2.75) is 5.08 Å². The van der Waals surface area contributed by atoms with E-state index >= 15 is 0 Å². The molecule has 0 bridgehead atoms. The third-order valence-corrected chi connectivity index (χ3v) is 4.78. The summed E-state index contributed by atoms with van der Waals surface area (Å²) in [5, 5.41) is 4.68. The number of hydrogen-bond acceptors (Lipinski definition) is 3. The Balaban J connectivity index is -0.000000101. The Labute approximate surface area is 126 Å². The van der Waals surface area contributed by atoms with Gasteiger partial charge in [0.15, 0.2) is 0 Å². The number of hydrogen-bond donors (Lipinski definition) is 5. The summed E-state index contributed by atoms with van der Waals surface area (Å²) >= 11 is 0. The van der Waals surface area contributed by atoms with Crippen LogP contribution in [0.5, 0.6) is 0 Å². The van der Waals surface area contributed by atoms with Crippen LogP contribution in [-0.2, 0) is 9.13 Å². The van der Waals surface area contributed by atoms with Crippen molar-refractivity contribution in [3.63, 3.8) is 0 Å². The van der Waals surface area contributed by atoms with E-state index < -0.39 is 26.9 Å². The molecule has 0 unspecified atom stereocenters. The quantitative estimate of drug-likeness (QED) is 0.254. The van der Waals surface area contributed by atoms with Crippen molar-refractivity contribution in [1.82, 2.24) is 0 Å². The van der Waals surface area contributed by atoms with Crippen molar-refractivity contribution in [2.75, 3.05) is 6.67 Å². The predicted molar refractivity (Wildman–Crippen MR) is 37.2 cm³/mol. The van der Waals surface area contributed by atoms with Gasteiger partial charge in [-0.05, 0) is 0 Å². The number of alkyl halides is 1. The van der Waals surface area contributed by atoms with E-state index in [1.165, 1.54) is 0 Å². The summed E-state index contributed by atoms with van der Waals surface area (Å²) in [4.78, 5) is 32.8. The molecule has 0 aromatic heterocycles. The van der Waals surface area contributed by atoms with Gasteiger partial charge in [0.2, 0.25) is 0 Å². The second-order valence-corrected chi connectivity index (χ2v) is 6.00. The molecule has 78 valence electrons. The molecule has 0 aliphatic rings. The Hall–Kier alpha value is 2.19. The van der Waals surface area contributed by atoms with Gasteiger partial charge in [0.25, 0.3) is 5.08 Å². The molecule has 0 spiro atoms. The Morgan fingerprint density at radius 2 is 1.29 bits per heavy atom. The Morgan fingerprint density at radius 3 is 1.29 bits per heavy atom. The minimum Gasteiger partial charge on any atom is -1.00 e. The first-order valence-corrected chi connectivity index (χ1v) is 5.68. The van der Waals surface area contributed by atoms with E-state index in [9.17, 15) is 13.5 Å². The zero-order valence-corrected chi connectivity index (χ0v) is 13.3. The van der Waals surface area contributed by atoms with Gasteiger partial charge in [-0.1, -0.05) is 0 Å². The van der Waals surface area contributed by atoms with Crippen LogP contribution in [-0.4, -0.2) is 36.4 Å². The molecule has 0 atom stereocenters. The fourth-order valence-electron chi connectivity index (χ4n) is 0.325. The third-order valence-electron chi connectivity index (χ3n) is 1.11. The van der Waals surface area contributed by atoms with E-state index in [1.54, 1.807) is 0 Å². The van der Waals surface area contributed by atoms with E-state index in [1.807, 2.05) is 0 Å². The molecule has 7 nitrogen and oxygen atoms in total. The van der Waals surface area contributed by atoms with Crippen LogP contribution in [0.1, 0.15) is 2.85 Å². The fourth-order valence-corrected chi connectivity index (χ4v) is 1.99. The average Bonchev–Trinajstić information content (AvgIpc) is 1.81. The van der Waals surface area contributed by atoms with Crippen LogP contribution in [0.25, 0.3) is 0 Å². The van der Waals surface area contributed by atoms with Crippen molar-refractivity contribution in [3.05, 3.63) is 0 Å². The molecular formula is C2H9FNa2O7P2. The number of halogens is 1. The van der Waals surface area contributed by atoms with Crippen molar-refractivity contribution < 1.29 is 100 Å². The van der Waals surface area contributed by atoms with Gasteiger partial charge in [-0.2, -0.15) is 0 Å². The maximum Gasteiger partial charge on any atom is 1.00 e. The summed E-state index contributed by atoms with van der Waals surface area (Å²) in [6, 6.07) is 0. The summed E-state index contributed by atoms with van der Waals surface area (Å²) in [7, 11) is -11.2. The second kappa shape index (κ2) is 6.81. The van der Waals surface area contributed by atoms with Gasteiger partial charge in [-0.25, -0.2) is 4.39 Å². The van der Waals surface area contributed by atoms with E-state index in [0.29, 0.717) is 0 Å². The molecule has 14 heavy (non-hydrogen) atoms. The maximum absolute atomic E-state index is 11.8. The SMILES string of the molecule is O=P(O)(O)C(O)(CF)P(=O)(O)O.[H-].[H-].[Na+].[Na+]. The largest absolute Gasteiger partial charge is 1.00 e. The molecule has 0 aliphatic heterocycles. The second-order valence-electron chi connectivity index (χ2n) is 2.00. The summed E-state index contributed by atoms with van der Waals surface area (Å²) in [5.74, 6) is 0. The van der Waals surface area contributed by atoms with Gasteiger partial charge < -0.3 is 27.5 Å². The third kappa shape index (κ3) is 4.59. The summed E-state index contributed by atoms with van der Waals surface area (Å²) < 4.78 is 32.3. The normalized spacial score (nSPS) is 12.7. The molecule has 0 amide bonds. The molecule has 0 aromatic carbocycles. The molecule has 12 heteroatoms. The minimum atomic E-state index is -5.59. The van der Waals surface area contributed by atoms with Gasteiger partial charge in [0.05, 0.1) is 0 Å². The van der Waals surface area contributed by atoms with Crippen molar-refractivity contribution >= 4 is 15.2 Å². The number of rotatable bonds is 3. The molecule has 0 saturated carbocycles. The molecule has 0 fully saturated rings. The van der Waals surface area contributed by atoms with Crippen molar-refractivity contribution in [2.24, 2.45) is 0 Å². The maximum atomic E-state index is 11.8. The van der Waals surface area contributed by atoms with Gasteiger partial charge in [-0.15, -0.1) is 0 Å². The molecule has 0 rings (SSSR count). The molecule has 0 radical (unpaired) electrons. The topological polar surface area (TPSA) is 135 Å². The monoisotopic (exact) mass is 272 g/mol. The molecule has 0 saturated heterocycles. The van der Waals surface area contributed by atoms with Crippen LogP contribution in [0.4, 0.5) is 4.39 Å². The minimum absolute atomic E-state index is 0. The molecule has 0 heterocycles. The van der Waals surface area contributed by atoms with Gasteiger partial charge in [-0.3, -0.25) is 9.13 Å². The van der Waals surface area contributed by atoms with Crippen LogP contribution in [0.3, 0.4) is 0 Å². The fraction of sp³-hybridized carbons (Fsp3) is 1.00. The molecule has 5 N–H and O–H groups in total. The zero-order valence-electron chi connectivity index (χ0n) is 9.53. The summed E-state index contributed by atoms with van der Waals surface area (Å²) in [5.41, 5.74) is 0. The van der Waals surface area contributed by atoms with Gasteiger partial charge in [0.1, 0.15) is 6.67 Å².